The third-order valence-electron chi connectivity index (χ3n) is 1.18. The first-order valence-corrected chi connectivity index (χ1v) is 2.16. The quantitative estimate of drug-likeness (QED) is 0.491. The summed E-state index contributed by atoms with van der Waals surface area (Å²) in [6, 6.07) is 0.190. The Labute approximate surface area is 36.3 Å². The Hall–Kier alpha value is -0.110. The minimum atomic E-state index is -0.221. The lowest BCUT2D eigenvalue weighted by atomic mass is 10.5. The summed E-state index contributed by atoms with van der Waals surface area (Å²) in [5.74, 6) is 0.213. The number of halogens is 1. The van der Waals surface area contributed by atoms with Crippen LogP contribution in [0.2, 0.25) is 0 Å². The molecule has 1 fully saturated rings. The highest BCUT2D eigenvalue weighted by Crippen LogP contribution is 2.27. The van der Waals surface area contributed by atoms with E-state index in [1.54, 1.807) is 0 Å². The highest BCUT2D eigenvalue weighted by molar-refractivity contribution is 4.88. The summed E-state index contributed by atoms with van der Waals surface area (Å²) in [6.45, 7) is -0.221. The van der Waals surface area contributed by atoms with Crippen LogP contribution < -0.4 is 5.73 Å². The monoisotopic (exact) mass is 89.1 g/mol. The maximum atomic E-state index is 11.3. The van der Waals surface area contributed by atoms with Crippen molar-refractivity contribution >= 4 is 0 Å². The zero-order valence-corrected chi connectivity index (χ0v) is 3.52. The number of rotatable bonds is 1. The standard InChI is InChI=1S/C4H8FN/c5-2-3-1-4(3)6/h3-4H,1-2,6H2. The zero-order chi connectivity index (χ0) is 4.57. The summed E-state index contributed by atoms with van der Waals surface area (Å²) in [5.41, 5.74) is 5.24. The fourth-order valence-corrected chi connectivity index (χ4v) is 0.448. The van der Waals surface area contributed by atoms with Gasteiger partial charge in [0.05, 0.1) is 6.67 Å². The zero-order valence-electron chi connectivity index (χ0n) is 3.52. The summed E-state index contributed by atoms with van der Waals surface area (Å²) < 4.78 is 11.3. The Balaban J connectivity index is 2.09. The predicted octanol–water partition coefficient (Wildman–Crippen LogP) is 0.303. The first-order chi connectivity index (χ1) is 2.84. The van der Waals surface area contributed by atoms with Crippen LogP contribution in [0, 0.1) is 5.92 Å². The van der Waals surface area contributed by atoms with Gasteiger partial charge >= 0.3 is 0 Å². The first-order valence-electron chi connectivity index (χ1n) is 2.16. The lowest BCUT2D eigenvalue weighted by Crippen LogP contribution is -2.01. The number of nitrogens with two attached hydrogens (primary N) is 1. The van der Waals surface area contributed by atoms with Crippen LogP contribution in [0.15, 0.2) is 0 Å². The second kappa shape index (κ2) is 1.19. The molecule has 2 heteroatoms. The molecule has 1 rings (SSSR count). The SMILES string of the molecule is NC1CC1CF. The summed E-state index contributed by atoms with van der Waals surface area (Å²) >= 11 is 0. The largest absolute Gasteiger partial charge is 0.327 e. The molecule has 2 N–H and O–H groups in total. The van der Waals surface area contributed by atoms with Crippen LogP contribution in [0.3, 0.4) is 0 Å². The third kappa shape index (κ3) is 0.522. The molecule has 0 radical (unpaired) electrons. The molecular weight excluding hydrogens is 81.0 g/mol. The summed E-state index contributed by atoms with van der Waals surface area (Å²) in [4.78, 5) is 0. The Kier molecular flexibility index (Phi) is 0.804. The predicted molar refractivity (Wildman–Crippen MR) is 22.1 cm³/mol. The van der Waals surface area contributed by atoms with Gasteiger partial charge in [0.15, 0.2) is 0 Å². The molecule has 0 aromatic carbocycles. The van der Waals surface area contributed by atoms with E-state index in [1.807, 2.05) is 0 Å². The lowest BCUT2D eigenvalue weighted by molar-refractivity contribution is 0.452. The highest BCUT2D eigenvalue weighted by Gasteiger charge is 2.32. The molecule has 0 aliphatic heterocycles. The van der Waals surface area contributed by atoms with Gasteiger partial charge in [-0.2, -0.15) is 0 Å². The molecule has 0 aromatic rings. The van der Waals surface area contributed by atoms with Crippen LogP contribution in [-0.4, -0.2) is 12.7 Å². The molecule has 0 saturated heterocycles. The van der Waals surface area contributed by atoms with Crippen LogP contribution in [0.1, 0.15) is 6.42 Å². The average Bonchev–Trinajstić information content (AvgIpc) is 2.19. The van der Waals surface area contributed by atoms with Crippen molar-refractivity contribution in [2.45, 2.75) is 12.5 Å². The van der Waals surface area contributed by atoms with Crippen molar-refractivity contribution in [1.29, 1.82) is 0 Å². The van der Waals surface area contributed by atoms with Crippen molar-refractivity contribution in [3.8, 4) is 0 Å². The van der Waals surface area contributed by atoms with Gasteiger partial charge in [-0.1, -0.05) is 0 Å². The van der Waals surface area contributed by atoms with Gasteiger partial charge in [0.1, 0.15) is 0 Å². The minimum absolute atomic E-state index is 0.190. The van der Waals surface area contributed by atoms with Gasteiger partial charge in [0.25, 0.3) is 0 Å². The Morgan fingerprint density at radius 3 is 2.33 bits per heavy atom. The molecule has 6 heavy (non-hydrogen) atoms. The van der Waals surface area contributed by atoms with E-state index in [0.29, 0.717) is 0 Å². The van der Waals surface area contributed by atoms with Crippen LogP contribution in [0.25, 0.3) is 0 Å². The van der Waals surface area contributed by atoms with E-state index < -0.39 is 0 Å². The van der Waals surface area contributed by atoms with Crippen molar-refractivity contribution in [2.24, 2.45) is 11.7 Å². The Morgan fingerprint density at radius 2 is 2.33 bits per heavy atom. The molecule has 0 amide bonds. The van der Waals surface area contributed by atoms with E-state index in [1.165, 1.54) is 0 Å². The van der Waals surface area contributed by atoms with E-state index >= 15 is 0 Å². The normalized spacial score (nSPS) is 43.0. The van der Waals surface area contributed by atoms with Crippen molar-refractivity contribution in [3.05, 3.63) is 0 Å². The van der Waals surface area contributed by atoms with Crippen LogP contribution >= 0.6 is 0 Å². The molecule has 36 valence electrons. The van der Waals surface area contributed by atoms with E-state index in [0.717, 1.165) is 6.42 Å². The van der Waals surface area contributed by atoms with Crippen LogP contribution in [0.5, 0.6) is 0 Å². The van der Waals surface area contributed by atoms with Crippen LogP contribution in [0.4, 0.5) is 4.39 Å². The van der Waals surface area contributed by atoms with E-state index in [9.17, 15) is 4.39 Å². The molecule has 0 aromatic heterocycles. The maximum Gasteiger partial charge on any atom is 0.0937 e. The minimum Gasteiger partial charge on any atom is -0.327 e. The molecular formula is C4H8FN. The molecule has 1 saturated carbocycles. The average molecular weight is 89.1 g/mol. The molecule has 0 bridgehead atoms. The first kappa shape index (κ1) is 4.06. The molecule has 0 spiro atoms. The topological polar surface area (TPSA) is 26.0 Å². The molecule has 1 nitrogen and oxygen atoms in total. The second-order valence-corrected chi connectivity index (χ2v) is 1.81. The highest BCUT2D eigenvalue weighted by atomic mass is 19.1. The number of hydrogen-bond acceptors (Lipinski definition) is 1. The summed E-state index contributed by atoms with van der Waals surface area (Å²) in [6.07, 6.45) is 0.899. The Morgan fingerprint density at radius 1 is 1.83 bits per heavy atom. The van der Waals surface area contributed by atoms with E-state index in [-0.39, 0.29) is 18.6 Å². The number of alkyl halides is 1. The van der Waals surface area contributed by atoms with Crippen molar-refractivity contribution < 1.29 is 4.39 Å². The Bertz CT molecular complexity index is 53.5. The van der Waals surface area contributed by atoms with E-state index in [2.05, 4.69) is 0 Å². The smallest absolute Gasteiger partial charge is 0.0937 e. The fourth-order valence-electron chi connectivity index (χ4n) is 0.448. The molecule has 0 heterocycles. The van der Waals surface area contributed by atoms with Crippen molar-refractivity contribution in [1.82, 2.24) is 0 Å². The van der Waals surface area contributed by atoms with Crippen molar-refractivity contribution in [2.75, 3.05) is 6.67 Å². The van der Waals surface area contributed by atoms with Crippen LogP contribution in [-0.2, 0) is 0 Å². The summed E-state index contributed by atoms with van der Waals surface area (Å²) in [5, 5.41) is 0. The number of hydrogen-bond donors (Lipinski definition) is 1. The van der Waals surface area contributed by atoms with Gasteiger partial charge in [-0.05, 0) is 6.42 Å². The summed E-state index contributed by atoms with van der Waals surface area (Å²) in [7, 11) is 0. The van der Waals surface area contributed by atoms with Crippen molar-refractivity contribution in [3.63, 3.8) is 0 Å². The van der Waals surface area contributed by atoms with Gasteiger partial charge in [-0.25, -0.2) is 0 Å². The third-order valence-corrected chi connectivity index (χ3v) is 1.18. The van der Waals surface area contributed by atoms with Gasteiger partial charge in [-0.3, -0.25) is 4.39 Å². The molecule has 1 aliphatic carbocycles. The molecule has 2 atom stereocenters. The fraction of sp³-hybridized carbons (Fsp3) is 1.00. The van der Waals surface area contributed by atoms with E-state index in [4.69, 9.17) is 5.73 Å². The van der Waals surface area contributed by atoms with Gasteiger partial charge < -0.3 is 5.73 Å². The van der Waals surface area contributed by atoms with Gasteiger partial charge in [0.2, 0.25) is 0 Å². The van der Waals surface area contributed by atoms with Gasteiger partial charge in [-0.15, -0.1) is 0 Å². The maximum absolute atomic E-state index is 11.3. The molecule has 1 aliphatic rings. The van der Waals surface area contributed by atoms with Gasteiger partial charge in [0, 0.05) is 12.0 Å². The second-order valence-electron chi connectivity index (χ2n) is 1.81. The molecule has 2 unspecified atom stereocenters. The lowest BCUT2D eigenvalue weighted by Gasteiger charge is -1.76.